The predicted octanol–water partition coefficient (Wildman–Crippen LogP) is 4.31. The zero-order valence-corrected chi connectivity index (χ0v) is 17.2. The average molecular weight is 414 g/mol. The standard InChI is InChI=1S/C24H30O6/c25-16-7-6-14-23(24(26)27)30-19-15-20-10-4-5-13-22(20)29-18-9-8-17-28-21-11-2-1-3-12-21/h1-5,10-13,16,23H,6-9,14-15,17-19H2,(H,26,27). The maximum atomic E-state index is 11.3. The van der Waals surface area contributed by atoms with Crippen LogP contribution in [0.25, 0.3) is 0 Å². The monoisotopic (exact) mass is 414 g/mol. The molecule has 0 heterocycles. The summed E-state index contributed by atoms with van der Waals surface area (Å²) in [5.41, 5.74) is 0.982. The normalized spacial score (nSPS) is 11.6. The highest BCUT2D eigenvalue weighted by Gasteiger charge is 2.17. The molecule has 2 aromatic rings. The number of benzene rings is 2. The Morgan fingerprint density at radius 3 is 2.33 bits per heavy atom. The van der Waals surface area contributed by atoms with Crippen LogP contribution in [-0.2, 0) is 20.7 Å². The second kappa shape index (κ2) is 14.2. The van der Waals surface area contributed by atoms with E-state index in [2.05, 4.69) is 0 Å². The van der Waals surface area contributed by atoms with Crippen LogP contribution in [-0.4, -0.2) is 43.3 Å². The second-order valence-electron chi connectivity index (χ2n) is 6.87. The maximum Gasteiger partial charge on any atom is 0.332 e. The molecule has 2 aromatic carbocycles. The summed E-state index contributed by atoms with van der Waals surface area (Å²) in [6.45, 7) is 1.51. The number of carboxylic acids is 1. The lowest BCUT2D eigenvalue weighted by molar-refractivity contribution is -0.150. The summed E-state index contributed by atoms with van der Waals surface area (Å²) in [6, 6.07) is 17.4. The van der Waals surface area contributed by atoms with E-state index >= 15 is 0 Å². The number of para-hydroxylation sites is 2. The van der Waals surface area contributed by atoms with Crippen LogP contribution in [0.5, 0.6) is 11.5 Å². The molecule has 1 atom stereocenters. The molecule has 0 bridgehead atoms. The minimum atomic E-state index is -0.997. The minimum absolute atomic E-state index is 0.281. The van der Waals surface area contributed by atoms with Gasteiger partial charge in [-0.25, -0.2) is 4.79 Å². The molecule has 1 unspecified atom stereocenters. The van der Waals surface area contributed by atoms with Crippen molar-refractivity contribution in [3.63, 3.8) is 0 Å². The number of carbonyl (C=O) groups excluding carboxylic acids is 1. The fourth-order valence-electron chi connectivity index (χ4n) is 2.92. The van der Waals surface area contributed by atoms with Gasteiger partial charge in [0.25, 0.3) is 0 Å². The fourth-order valence-corrected chi connectivity index (χ4v) is 2.92. The maximum absolute atomic E-state index is 11.3. The van der Waals surface area contributed by atoms with Gasteiger partial charge in [-0.05, 0) is 55.9 Å². The van der Waals surface area contributed by atoms with Crippen molar-refractivity contribution < 1.29 is 28.9 Å². The van der Waals surface area contributed by atoms with Gasteiger partial charge in [0.2, 0.25) is 0 Å². The first-order valence-corrected chi connectivity index (χ1v) is 10.4. The lowest BCUT2D eigenvalue weighted by atomic mass is 10.1. The second-order valence-corrected chi connectivity index (χ2v) is 6.87. The number of aldehydes is 1. The average Bonchev–Trinajstić information content (AvgIpc) is 2.76. The van der Waals surface area contributed by atoms with Gasteiger partial charge in [-0.2, -0.15) is 0 Å². The van der Waals surface area contributed by atoms with E-state index in [9.17, 15) is 14.7 Å². The lowest BCUT2D eigenvalue weighted by Crippen LogP contribution is -2.25. The van der Waals surface area contributed by atoms with E-state index in [-0.39, 0.29) is 6.61 Å². The molecule has 0 spiro atoms. The van der Waals surface area contributed by atoms with Gasteiger partial charge in [-0.15, -0.1) is 0 Å². The number of rotatable bonds is 16. The third-order valence-electron chi connectivity index (χ3n) is 4.53. The van der Waals surface area contributed by atoms with Crippen LogP contribution in [0, 0.1) is 0 Å². The van der Waals surface area contributed by atoms with Gasteiger partial charge in [-0.3, -0.25) is 0 Å². The molecule has 0 amide bonds. The van der Waals surface area contributed by atoms with Crippen LogP contribution >= 0.6 is 0 Å². The van der Waals surface area contributed by atoms with Crippen LogP contribution in [0.3, 0.4) is 0 Å². The Morgan fingerprint density at radius 1 is 0.900 bits per heavy atom. The molecule has 0 aliphatic rings. The highest BCUT2D eigenvalue weighted by atomic mass is 16.5. The van der Waals surface area contributed by atoms with Crippen molar-refractivity contribution >= 4 is 12.3 Å². The summed E-state index contributed by atoms with van der Waals surface area (Å²) in [6.07, 6.45) is 3.41. The number of carboxylic acid groups (broad SMARTS) is 1. The summed E-state index contributed by atoms with van der Waals surface area (Å²) >= 11 is 0. The van der Waals surface area contributed by atoms with Gasteiger partial charge >= 0.3 is 5.97 Å². The molecule has 2 rings (SSSR count). The smallest absolute Gasteiger partial charge is 0.332 e. The molecule has 0 saturated heterocycles. The third-order valence-corrected chi connectivity index (χ3v) is 4.53. The first-order chi connectivity index (χ1) is 14.7. The number of hydrogen-bond acceptors (Lipinski definition) is 5. The van der Waals surface area contributed by atoms with Crippen LogP contribution in [0.4, 0.5) is 0 Å². The number of carbonyl (C=O) groups is 2. The summed E-state index contributed by atoms with van der Waals surface area (Å²) in [4.78, 5) is 21.7. The number of ether oxygens (including phenoxy) is 3. The molecule has 162 valence electrons. The lowest BCUT2D eigenvalue weighted by Gasteiger charge is -2.15. The van der Waals surface area contributed by atoms with Crippen LogP contribution < -0.4 is 9.47 Å². The van der Waals surface area contributed by atoms with E-state index in [1.54, 1.807) is 0 Å². The molecule has 0 fully saturated rings. The number of hydrogen-bond donors (Lipinski definition) is 1. The Kier molecular flexibility index (Phi) is 11.1. The van der Waals surface area contributed by atoms with Gasteiger partial charge in [0.1, 0.15) is 17.8 Å². The SMILES string of the molecule is O=CCCCC(OCCc1ccccc1OCCCCOc1ccccc1)C(=O)O. The molecule has 6 nitrogen and oxygen atoms in total. The quantitative estimate of drug-likeness (QED) is 0.326. The zero-order valence-electron chi connectivity index (χ0n) is 17.2. The van der Waals surface area contributed by atoms with Crippen molar-refractivity contribution in [1.82, 2.24) is 0 Å². The van der Waals surface area contributed by atoms with E-state index < -0.39 is 12.1 Å². The van der Waals surface area contributed by atoms with Crippen LogP contribution in [0.2, 0.25) is 0 Å². The molecule has 0 aliphatic heterocycles. The molecule has 0 radical (unpaired) electrons. The van der Waals surface area contributed by atoms with Crippen molar-refractivity contribution in [2.75, 3.05) is 19.8 Å². The van der Waals surface area contributed by atoms with Crippen LogP contribution in [0.1, 0.15) is 37.7 Å². The van der Waals surface area contributed by atoms with Crippen LogP contribution in [0.15, 0.2) is 54.6 Å². The van der Waals surface area contributed by atoms with E-state index in [1.807, 2.05) is 54.6 Å². The van der Waals surface area contributed by atoms with Gasteiger partial charge in [0.05, 0.1) is 19.8 Å². The van der Waals surface area contributed by atoms with Gasteiger partial charge in [0, 0.05) is 6.42 Å². The number of aliphatic carboxylic acids is 1. The topological polar surface area (TPSA) is 82.1 Å². The van der Waals surface area contributed by atoms with Crippen molar-refractivity contribution in [2.45, 2.75) is 44.6 Å². The van der Waals surface area contributed by atoms with Crippen molar-refractivity contribution in [1.29, 1.82) is 0 Å². The fraction of sp³-hybridized carbons (Fsp3) is 0.417. The molecule has 0 aliphatic carbocycles. The van der Waals surface area contributed by atoms with Crippen molar-refractivity contribution in [2.24, 2.45) is 0 Å². The Morgan fingerprint density at radius 2 is 1.60 bits per heavy atom. The Balaban J connectivity index is 1.69. The molecular weight excluding hydrogens is 384 g/mol. The minimum Gasteiger partial charge on any atom is -0.494 e. The van der Waals surface area contributed by atoms with Gasteiger partial charge < -0.3 is 24.1 Å². The van der Waals surface area contributed by atoms with Gasteiger partial charge in [-0.1, -0.05) is 36.4 Å². The predicted molar refractivity (Wildman–Crippen MR) is 114 cm³/mol. The number of unbranched alkanes of at least 4 members (excludes halogenated alkanes) is 2. The first kappa shape index (κ1) is 23.4. The molecular formula is C24H30O6. The first-order valence-electron chi connectivity index (χ1n) is 10.4. The zero-order chi connectivity index (χ0) is 21.4. The molecule has 6 heteroatoms. The Labute approximate surface area is 177 Å². The highest BCUT2D eigenvalue weighted by Crippen LogP contribution is 2.19. The summed E-state index contributed by atoms with van der Waals surface area (Å²) < 4.78 is 17.1. The van der Waals surface area contributed by atoms with E-state index in [0.717, 1.165) is 36.2 Å². The third kappa shape index (κ3) is 9.09. The summed E-state index contributed by atoms with van der Waals surface area (Å²) in [5, 5.41) is 9.24. The largest absolute Gasteiger partial charge is 0.494 e. The van der Waals surface area contributed by atoms with Crippen molar-refractivity contribution in [3.05, 3.63) is 60.2 Å². The van der Waals surface area contributed by atoms with Gasteiger partial charge in [0.15, 0.2) is 6.10 Å². The molecule has 0 aromatic heterocycles. The van der Waals surface area contributed by atoms with E-state index in [1.165, 1.54) is 0 Å². The van der Waals surface area contributed by atoms with E-state index in [0.29, 0.717) is 38.9 Å². The Hall–Kier alpha value is -2.86. The summed E-state index contributed by atoms with van der Waals surface area (Å²) in [7, 11) is 0. The molecule has 1 N–H and O–H groups in total. The summed E-state index contributed by atoms with van der Waals surface area (Å²) in [5.74, 6) is 0.663. The Bertz CT molecular complexity index is 746. The highest BCUT2D eigenvalue weighted by molar-refractivity contribution is 5.72. The van der Waals surface area contributed by atoms with E-state index in [4.69, 9.17) is 14.2 Å². The molecule has 30 heavy (non-hydrogen) atoms. The molecule has 0 saturated carbocycles. The van der Waals surface area contributed by atoms with Crippen molar-refractivity contribution in [3.8, 4) is 11.5 Å².